The molecule has 0 amide bonds. The molecule has 2 aliphatic rings. The first-order valence-electron chi connectivity index (χ1n) is 7.35. The normalized spacial score (nSPS) is 32.8. The van der Waals surface area contributed by atoms with Crippen LogP contribution in [-0.2, 0) is 0 Å². The van der Waals surface area contributed by atoms with E-state index in [0.29, 0.717) is 0 Å². The molecule has 2 saturated carbocycles. The molecular weight excluding hydrogens is 196 g/mol. The molecule has 2 heteroatoms. The zero-order chi connectivity index (χ0) is 11.2. The van der Waals surface area contributed by atoms with E-state index in [4.69, 9.17) is 5.73 Å². The summed E-state index contributed by atoms with van der Waals surface area (Å²) in [5.41, 5.74) is 5.61. The molecule has 0 bridgehead atoms. The fraction of sp³-hybridized carbons (Fsp3) is 1.00. The van der Waals surface area contributed by atoms with Crippen molar-refractivity contribution in [3.05, 3.63) is 0 Å². The van der Waals surface area contributed by atoms with Crippen LogP contribution in [0, 0.1) is 11.8 Å². The number of nitrogens with two attached hydrogens (primary N) is 1. The van der Waals surface area contributed by atoms with Crippen molar-refractivity contribution >= 4 is 0 Å². The van der Waals surface area contributed by atoms with Crippen LogP contribution in [0.4, 0.5) is 0 Å². The van der Waals surface area contributed by atoms with Gasteiger partial charge < -0.3 is 11.1 Å². The van der Waals surface area contributed by atoms with E-state index >= 15 is 0 Å². The predicted molar refractivity (Wildman–Crippen MR) is 69.4 cm³/mol. The van der Waals surface area contributed by atoms with Gasteiger partial charge in [0.25, 0.3) is 0 Å². The van der Waals surface area contributed by atoms with Crippen molar-refractivity contribution in [1.29, 1.82) is 0 Å². The topological polar surface area (TPSA) is 38.0 Å². The van der Waals surface area contributed by atoms with Crippen molar-refractivity contribution in [2.75, 3.05) is 13.1 Å². The molecule has 3 N–H and O–H groups in total. The molecule has 0 aromatic rings. The highest BCUT2D eigenvalue weighted by Gasteiger charge is 2.31. The first-order chi connectivity index (χ1) is 7.92. The second-order valence-electron chi connectivity index (χ2n) is 5.70. The molecule has 2 atom stereocenters. The van der Waals surface area contributed by atoms with Gasteiger partial charge >= 0.3 is 0 Å². The third-order valence-electron chi connectivity index (χ3n) is 4.63. The molecule has 94 valence electrons. The van der Waals surface area contributed by atoms with Gasteiger partial charge in [-0.25, -0.2) is 0 Å². The minimum absolute atomic E-state index is 0.778. The standard InChI is InChI=1S/C14H28N2/c15-10-11-16-14-9-5-4-8-13(14)12-6-2-1-3-7-12/h12-14,16H,1-11,15H2. The number of nitrogens with one attached hydrogen (secondary N) is 1. The number of hydrogen-bond donors (Lipinski definition) is 2. The van der Waals surface area contributed by atoms with Crippen molar-refractivity contribution < 1.29 is 0 Å². The van der Waals surface area contributed by atoms with Gasteiger partial charge in [0.1, 0.15) is 0 Å². The van der Waals surface area contributed by atoms with Gasteiger partial charge in [-0.15, -0.1) is 0 Å². The molecule has 2 fully saturated rings. The number of hydrogen-bond acceptors (Lipinski definition) is 2. The van der Waals surface area contributed by atoms with Gasteiger partial charge in [-0.3, -0.25) is 0 Å². The van der Waals surface area contributed by atoms with Crippen LogP contribution in [0.3, 0.4) is 0 Å². The van der Waals surface area contributed by atoms with Crippen LogP contribution in [0.2, 0.25) is 0 Å². The van der Waals surface area contributed by atoms with Crippen LogP contribution in [-0.4, -0.2) is 19.1 Å². The maximum atomic E-state index is 5.61. The monoisotopic (exact) mass is 224 g/mol. The highest BCUT2D eigenvalue weighted by Crippen LogP contribution is 2.38. The van der Waals surface area contributed by atoms with Gasteiger partial charge in [0.05, 0.1) is 0 Å². The first kappa shape index (κ1) is 12.4. The Kier molecular flexibility index (Phi) is 5.11. The summed E-state index contributed by atoms with van der Waals surface area (Å²) in [6.45, 7) is 1.79. The van der Waals surface area contributed by atoms with Gasteiger partial charge in [-0.1, -0.05) is 44.9 Å². The Bertz CT molecular complexity index is 187. The summed E-state index contributed by atoms with van der Waals surface area (Å²) < 4.78 is 0. The molecule has 0 aromatic carbocycles. The lowest BCUT2D eigenvalue weighted by Gasteiger charge is -2.39. The van der Waals surface area contributed by atoms with Crippen LogP contribution in [0.1, 0.15) is 57.8 Å². The predicted octanol–water partition coefficient (Wildman–Crippen LogP) is 2.67. The summed E-state index contributed by atoms with van der Waals surface area (Å²) in [5.74, 6) is 1.98. The smallest absolute Gasteiger partial charge is 0.00985 e. The van der Waals surface area contributed by atoms with E-state index in [0.717, 1.165) is 31.0 Å². The van der Waals surface area contributed by atoms with E-state index in [1.165, 1.54) is 57.8 Å². The minimum atomic E-state index is 0.778. The zero-order valence-corrected chi connectivity index (χ0v) is 10.6. The summed E-state index contributed by atoms with van der Waals surface area (Å²) in [6.07, 6.45) is 13.2. The summed E-state index contributed by atoms with van der Waals surface area (Å²) in [4.78, 5) is 0. The molecule has 0 spiro atoms. The van der Waals surface area contributed by atoms with Gasteiger partial charge in [0.15, 0.2) is 0 Å². The maximum Gasteiger partial charge on any atom is 0.00985 e. The molecule has 2 nitrogen and oxygen atoms in total. The van der Waals surface area contributed by atoms with Crippen molar-refractivity contribution in [3.8, 4) is 0 Å². The Morgan fingerprint density at radius 2 is 1.56 bits per heavy atom. The molecule has 2 rings (SSSR count). The quantitative estimate of drug-likeness (QED) is 0.770. The molecule has 2 aliphatic carbocycles. The second kappa shape index (κ2) is 6.61. The average Bonchev–Trinajstić information content (AvgIpc) is 2.38. The van der Waals surface area contributed by atoms with Crippen LogP contribution in [0.5, 0.6) is 0 Å². The highest BCUT2D eigenvalue weighted by molar-refractivity contribution is 4.86. The molecular formula is C14H28N2. The summed E-state index contributed by atoms with van der Waals surface area (Å²) in [5, 5.41) is 3.69. The van der Waals surface area contributed by atoms with Crippen LogP contribution >= 0.6 is 0 Å². The molecule has 2 unspecified atom stereocenters. The second-order valence-corrected chi connectivity index (χ2v) is 5.70. The van der Waals surface area contributed by atoms with Crippen molar-refractivity contribution in [2.45, 2.75) is 63.8 Å². The third kappa shape index (κ3) is 3.21. The SMILES string of the molecule is NCCNC1CCCCC1C1CCCCC1. The molecule has 0 saturated heterocycles. The third-order valence-corrected chi connectivity index (χ3v) is 4.63. The van der Waals surface area contributed by atoms with Gasteiger partial charge in [-0.05, 0) is 24.7 Å². The molecule has 0 aliphatic heterocycles. The molecule has 16 heavy (non-hydrogen) atoms. The van der Waals surface area contributed by atoms with E-state index in [-0.39, 0.29) is 0 Å². The van der Waals surface area contributed by atoms with E-state index < -0.39 is 0 Å². The lowest BCUT2D eigenvalue weighted by Crippen LogP contribution is -2.44. The van der Waals surface area contributed by atoms with Gasteiger partial charge in [0.2, 0.25) is 0 Å². The van der Waals surface area contributed by atoms with Crippen LogP contribution in [0.15, 0.2) is 0 Å². The van der Waals surface area contributed by atoms with Crippen molar-refractivity contribution in [3.63, 3.8) is 0 Å². The summed E-state index contributed by atoms with van der Waals surface area (Å²) in [7, 11) is 0. The first-order valence-corrected chi connectivity index (χ1v) is 7.35. The average molecular weight is 224 g/mol. The number of rotatable bonds is 4. The molecule has 0 aromatic heterocycles. The van der Waals surface area contributed by atoms with E-state index in [1.807, 2.05) is 0 Å². The maximum absolute atomic E-state index is 5.61. The Morgan fingerprint density at radius 3 is 2.31 bits per heavy atom. The Hall–Kier alpha value is -0.0800. The lowest BCUT2D eigenvalue weighted by atomic mass is 9.71. The van der Waals surface area contributed by atoms with Crippen LogP contribution < -0.4 is 11.1 Å². The van der Waals surface area contributed by atoms with E-state index in [1.54, 1.807) is 0 Å². The minimum Gasteiger partial charge on any atom is -0.329 e. The molecule has 0 radical (unpaired) electrons. The Morgan fingerprint density at radius 1 is 0.875 bits per heavy atom. The van der Waals surface area contributed by atoms with E-state index in [2.05, 4.69) is 5.32 Å². The summed E-state index contributed by atoms with van der Waals surface area (Å²) >= 11 is 0. The Labute approximate surface area is 100 Å². The van der Waals surface area contributed by atoms with Crippen molar-refractivity contribution in [1.82, 2.24) is 5.32 Å². The van der Waals surface area contributed by atoms with Gasteiger partial charge in [-0.2, -0.15) is 0 Å². The fourth-order valence-electron chi connectivity index (χ4n) is 3.81. The zero-order valence-electron chi connectivity index (χ0n) is 10.6. The summed E-state index contributed by atoms with van der Waals surface area (Å²) in [6, 6.07) is 0.778. The largest absolute Gasteiger partial charge is 0.329 e. The van der Waals surface area contributed by atoms with Crippen molar-refractivity contribution in [2.24, 2.45) is 17.6 Å². The highest BCUT2D eigenvalue weighted by atomic mass is 14.9. The molecule has 0 heterocycles. The fourth-order valence-corrected chi connectivity index (χ4v) is 3.81. The van der Waals surface area contributed by atoms with E-state index in [9.17, 15) is 0 Å². The van der Waals surface area contributed by atoms with Crippen LogP contribution in [0.25, 0.3) is 0 Å². The Balaban J connectivity index is 1.86. The van der Waals surface area contributed by atoms with Gasteiger partial charge in [0, 0.05) is 19.1 Å². The lowest BCUT2D eigenvalue weighted by molar-refractivity contribution is 0.151.